The summed E-state index contributed by atoms with van der Waals surface area (Å²) in [6.07, 6.45) is 0. The van der Waals surface area contributed by atoms with Crippen LogP contribution in [0.4, 0.5) is 0 Å². The Morgan fingerprint density at radius 1 is 1.33 bits per heavy atom. The summed E-state index contributed by atoms with van der Waals surface area (Å²) in [5.41, 5.74) is 0.785. The number of carboxylic acids is 1. The molecule has 0 fully saturated rings. The Hall–Kier alpha value is -0.310. The number of aliphatic carboxylic acids is 1. The van der Waals surface area contributed by atoms with Crippen molar-refractivity contribution in [3.8, 4) is 0 Å². The minimum Gasteiger partial charge on any atom is -0.550 e. The van der Waals surface area contributed by atoms with Crippen LogP contribution in [-0.4, -0.2) is 5.97 Å². The van der Waals surface area contributed by atoms with Gasteiger partial charge in [-0.3, -0.25) is 0 Å². The van der Waals surface area contributed by atoms with Crippen LogP contribution in [0.2, 0.25) is 0 Å². The van der Waals surface area contributed by atoms with E-state index in [9.17, 15) is 9.90 Å². The molecule has 0 N–H and O–H groups in total. The molecule has 2 nitrogen and oxygen atoms in total. The first kappa shape index (κ1) is 11.7. The Balaban J connectivity index is 0.00000121. The molecule has 0 aliphatic rings. The molecule has 0 aliphatic carbocycles. The summed E-state index contributed by atoms with van der Waals surface area (Å²) in [6, 6.07) is 9.04. The van der Waals surface area contributed by atoms with Gasteiger partial charge < -0.3 is 9.90 Å². The van der Waals surface area contributed by atoms with Gasteiger partial charge >= 0.3 is 29.6 Å². The van der Waals surface area contributed by atoms with Crippen LogP contribution >= 0.6 is 0 Å². The first-order valence-electron chi connectivity index (χ1n) is 3.47. The van der Waals surface area contributed by atoms with Gasteiger partial charge in [0.15, 0.2) is 0 Å². The van der Waals surface area contributed by atoms with Gasteiger partial charge in [0.1, 0.15) is 0 Å². The Bertz CT molecular complexity index is 246. The molecule has 0 bridgehead atoms. The fourth-order valence-corrected chi connectivity index (χ4v) is 0.878. The molecule has 0 amide bonds. The molecule has 0 unspecified atom stereocenters. The zero-order valence-electron chi connectivity index (χ0n) is 7.28. The van der Waals surface area contributed by atoms with E-state index in [1.165, 1.54) is 0 Å². The molecule has 0 aromatic heterocycles. The van der Waals surface area contributed by atoms with Crippen molar-refractivity contribution in [1.29, 1.82) is 0 Å². The molecule has 0 radical (unpaired) electrons. The van der Waals surface area contributed by atoms with Gasteiger partial charge in [-0.2, -0.15) is 0 Å². The number of carboxylic acid groups (broad SMARTS) is 1. The molecule has 0 aliphatic heterocycles. The van der Waals surface area contributed by atoms with E-state index < -0.39 is 11.9 Å². The van der Waals surface area contributed by atoms with Crippen molar-refractivity contribution in [3.63, 3.8) is 0 Å². The van der Waals surface area contributed by atoms with E-state index in [2.05, 4.69) is 0 Å². The molecule has 0 saturated carbocycles. The van der Waals surface area contributed by atoms with Gasteiger partial charge in [-0.25, -0.2) is 0 Å². The minimum absolute atomic E-state index is 0. The van der Waals surface area contributed by atoms with Crippen LogP contribution in [0.1, 0.15) is 18.4 Å². The van der Waals surface area contributed by atoms with Crippen molar-refractivity contribution in [3.05, 3.63) is 35.9 Å². The van der Waals surface area contributed by atoms with Crippen molar-refractivity contribution >= 4 is 5.97 Å². The average Bonchev–Trinajstić information content (AvgIpc) is 2.05. The van der Waals surface area contributed by atoms with Crippen LogP contribution in [0.5, 0.6) is 0 Å². The van der Waals surface area contributed by atoms with Crippen molar-refractivity contribution in [2.45, 2.75) is 12.8 Å². The van der Waals surface area contributed by atoms with Gasteiger partial charge in [-0.1, -0.05) is 37.3 Å². The average molecular weight is 172 g/mol. The van der Waals surface area contributed by atoms with Crippen LogP contribution in [0.3, 0.4) is 0 Å². The van der Waals surface area contributed by atoms with Crippen molar-refractivity contribution in [2.24, 2.45) is 0 Å². The minimum atomic E-state index is -1.03. The number of benzene rings is 1. The first-order valence-corrected chi connectivity index (χ1v) is 3.47. The molecule has 0 heterocycles. The predicted octanol–water partition coefficient (Wildman–Crippen LogP) is -2.46. The van der Waals surface area contributed by atoms with Crippen molar-refractivity contribution in [2.75, 3.05) is 0 Å². The number of carbonyl (C=O) groups is 1. The van der Waals surface area contributed by atoms with E-state index in [1.807, 2.05) is 18.2 Å². The van der Waals surface area contributed by atoms with E-state index in [4.69, 9.17) is 0 Å². The molecule has 1 atom stereocenters. The van der Waals surface area contributed by atoms with Crippen LogP contribution in [0.25, 0.3) is 0 Å². The smallest absolute Gasteiger partial charge is 0.550 e. The van der Waals surface area contributed by atoms with Gasteiger partial charge in [0.25, 0.3) is 0 Å². The first-order chi connectivity index (χ1) is 5.22. The Morgan fingerprint density at radius 2 is 1.83 bits per heavy atom. The normalized spacial score (nSPS) is 11.4. The second-order valence-corrected chi connectivity index (χ2v) is 2.45. The maximum Gasteiger partial charge on any atom is 1.00 e. The fraction of sp³-hybridized carbons (Fsp3) is 0.222. The SMILES string of the molecule is C[C@@H](C(=O)[O-])c1ccccc1.[Na+]. The molecule has 1 aromatic rings. The van der Waals surface area contributed by atoms with Crippen molar-refractivity contribution in [1.82, 2.24) is 0 Å². The van der Waals surface area contributed by atoms with Gasteiger partial charge in [0, 0.05) is 11.9 Å². The summed E-state index contributed by atoms with van der Waals surface area (Å²) in [7, 11) is 0. The standard InChI is InChI=1S/C9H10O2.Na/c1-7(9(10)11)8-5-3-2-4-6-8;/h2-7H,1H3,(H,10,11);/q;+1/p-1/t7-;/m1./s1. The zero-order valence-corrected chi connectivity index (χ0v) is 9.28. The van der Waals surface area contributed by atoms with Gasteiger partial charge in [0.2, 0.25) is 0 Å². The number of rotatable bonds is 2. The van der Waals surface area contributed by atoms with E-state index in [-0.39, 0.29) is 29.6 Å². The van der Waals surface area contributed by atoms with E-state index >= 15 is 0 Å². The second kappa shape index (κ2) is 5.36. The molecular weight excluding hydrogens is 163 g/mol. The number of carbonyl (C=O) groups excluding carboxylic acids is 1. The quantitative estimate of drug-likeness (QED) is 0.464. The third-order valence-electron chi connectivity index (χ3n) is 1.65. The number of hydrogen-bond donors (Lipinski definition) is 0. The second-order valence-electron chi connectivity index (χ2n) is 2.45. The van der Waals surface area contributed by atoms with Gasteiger partial charge in [-0.05, 0) is 5.56 Å². The van der Waals surface area contributed by atoms with Gasteiger partial charge in [0.05, 0.1) is 0 Å². The number of hydrogen-bond acceptors (Lipinski definition) is 2. The fourth-order valence-electron chi connectivity index (χ4n) is 0.878. The Morgan fingerprint density at radius 3 is 2.25 bits per heavy atom. The summed E-state index contributed by atoms with van der Waals surface area (Å²) >= 11 is 0. The van der Waals surface area contributed by atoms with E-state index in [1.54, 1.807) is 19.1 Å². The van der Waals surface area contributed by atoms with Crippen LogP contribution in [0.15, 0.2) is 30.3 Å². The maximum absolute atomic E-state index is 10.4. The zero-order chi connectivity index (χ0) is 8.27. The van der Waals surface area contributed by atoms with Gasteiger partial charge in [-0.15, -0.1) is 0 Å². The van der Waals surface area contributed by atoms with Crippen LogP contribution < -0.4 is 34.7 Å². The summed E-state index contributed by atoms with van der Waals surface area (Å²) < 4.78 is 0. The summed E-state index contributed by atoms with van der Waals surface area (Å²) in [5.74, 6) is -1.55. The monoisotopic (exact) mass is 172 g/mol. The molecule has 0 saturated heterocycles. The van der Waals surface area contributed by atoms with Crippen molar-refractivity contribution < 1.29 is 39.5 Å². The molecule has 3 heteroatoms. The third kappa shape index (κ3) is 2.97. The molecular formula is C9H9NaO2. The summed E-state index contributed by atoms with van der Waals surface area (Å²) in [6.45, 7) is 1.62. The van der Waals surface area contributed by atoms with E-state index in [0.29, 0.717) is 0 Å². The topological polar surface area (TPSA) is 40.1 Å². The molecule has 0 spiro atoms. The largest absolute Gasteiger partial charge is 1.00 e. The van der Waals surface area contributed by atoms with Crippen LogP contribution in [-0.2, 0) is 4.79 Å². The van der Waals surface area contributed by atoms with Crippen LogP contribution in [0, 0.1) is 0 Å². The Kier molecular flexibility index (Phi) is 5.22. The molecule has 1 rings (SSSR count). The maximum atomic E-state index is 10.4. The third-order valence-corrected chi connectivity index (χ3v) is 1.65. The molecule has 12 heavy (non-hydrogen) atoms. The summed E-state index contributed by atoms with van der Waals surface area (Å²) in [4.78, 5) is 10.4. The van der Waals surface area contributed by atoms with E-state index in [0.717, 1.165) is 5.56 Å². The molecule has 58 valence electrons. The Labute approximate surface area is 93.9 Å². The predicted molar refractivity (Wildman–Crippen MR) is 39.9 cm³/mol. The summed E-state index contributed by atoms with van der Waals surface area (Å²) in [5, 5.41) is 10.4. The molecule has 1 aromatic carbocycles.